The summed E-state index contributed by atoms with van der Waals surface area (Å²) in [6, 6.07) is 6.21. The molecule has 8 heteroatoms. The first-order chi connectivity index (χ1) is 11.2. The first kappa shape index (κ1) is 16.7. The van der Waals surface area contributed by atoms with Crippen LogP contribution in [0.25, 0.3) is 5.52 Å². The van der Waals surface area contributed by atoms with Gasteiger partial charge in [0.05, 0.1) is 6.54 Å². The number of rotatable bonds is 7. The van der Waals surface area contributed by atoms with Crippen molar-refractivity contribution in [1.29, 1.82) is 0 Å². The van der Waals surface area contributed by atoms with Crippen LogP contribution >= 0.6 is 38.9 Å². The Kier molecular flexibility index (Phi) is 5.53. The zero-order chi connectivity index (χ0) is 16.2. The predicted molar refractivity (Wildman–Crippen MR) is 97.5 cm³/mol. The van der Waals surface area contributed by atoms with Gasteiger partial charge < -0.3 is 10.1 Å². The second-order valence-corrected chi connectivity index (χ2v) is 7.14. The Hall–Kier alpha value is -1.15. The summed E-state index contributed by atoms with van der Waals surface area (Å²) in [4.78, 5) is 5.57. The van der Waals surface area contributed by atoms with E-state index in [0.717, 1.165) is 40.9 Å². The summed E-state index contributed by atoms with van der Waals surface area (Å²) in [5.41, 5.74) is 2.07. The molecule has 0 amide bonds. The summed E-state index contributed by atoms with van der Waals surface area (Å²) < 4.78 is 7.81. The molecule has 0 spiro atoms. The van der Waals surface area contributed by atoms with E-state index in [1.54, 1.807) is 23.0 Å². The maximum Gasteiger partial charge on any atom is 0.243 e. The minimum Gasteiger partial charge on any atom is -0.385 e. The number of hydrogen-bond donors (Lipinski definition) is 1. The van der Waals surface area contributed by atoms with Gasteiger partial charge in [0.1, 0.15) is 10.1 Å². The molecule has 5 nitrogen and oxygen atoms in total. The lowest BCUT2D eigenvalue weighted by molar-refractivity contribution is 0.195. The van der Waals surface area contributed by atoms with Crippen LogP contribution in [0.2, 0.25) is 5.28 Å². The molecule has 0 fully saturated rings. The highest BCUT2D eigenvalue weighted by Crippen LogP contribution is 2.28. The number of thiophene rings is 1. The van der Waals surface area contributed by atoms with Crippen LogP contribution in [-0.2, 0) is 17.7 Å². The molecule has 0 saturated heterocycles. The molecule has 122 valence electrons. The molecule has 3 aromatic heterocycles. The molecule has 0 aliphatic heterocycles. The molecule has 0 bridgehead atoms. The van der Waals surface area contributed by atoms with Gasteiger partial charge in [-0.05, 0) is 63.4 Å². The number of aryl methyl sites for hydroxylation is 1. The van der Waals surface area contributed by atoms with Crippen molar-refractivity contribution in [2.75, 3.05) is 19.0 Å². The van der Waals surface area contributed by atoms with Crippen LogP contribution in [0.5, 0.6) is 0 Å². The standard InChI is InChI=1S/C15H16BrClN4OS/c1-22-6-2-4-10-8-12-14(18-9-11-5-3-7-23-11)19-15(17)20-21(12)13(10)16/h3,5,7-8H,2,4,6,9H2,1H3,(H,18,19,20). The number of methoxy groups -OCH3 is 1. The van der Waals surface area contributed by atoms with Gasteiger partial charge in [-0.1, -0.05) is 6.07 Å². The summed E-state index contributed by atoms with van der Waals surface area (Å²) in [6.45, 7) is 1.44. The van der Waals surface area contributed by atoms with E-state index in [0.29, 0.717) is 6.54 Å². The van der Waals surface area contributed by atoms with Crippen molar-refractivity contribution in [3.63, 3.8) is 0 Å². The normalized spacial score (nSPS) is 11.3. The monoisotopic (exact) mass is 414 g/mol. The lowest BCUT2D eigenvalue weighted by atomic mass is 10.2. The molecule has 23 heavy (non-hydrogen) atoms. The maximum absolute atomic E-state index is 6.07. The molecule has 3 aromatic rings. The highest BCUT2D eigenvalue weighted by Gasteiger charge is 2.14. The quantitative estimate of drug-likeness (QED) is 0.581. The fourth-order valence-electron chi connectivity index (χ4n) is 2.34. The van der Waals surface area contributed by atoms with E-state index in [-0.39, 0.29) is 5.28 Å². The van der Waals surface area contributed by atoms with E-state index >= 15 is 0 Å². The minimum atomic E-state index is 0.214. The van der Waals surface area contributed by atoms with E-state index in [9.17, 15) is 0 Å². The molecule has 0 aliphatic carbocycles. The SMILES string of the molecule is COCCCc1cc2c(NCc3cccs3)nc(Cl)nn2c1Br. The lowest BCUT2D eigenvalue weighted by Gasteiger charge is -2.06. The summed E-state index contributed by atoms with van der Waals surface area (Å²) >= 11 is 11.4. The number of ether oxygens (including phenoxy) is 1. The molecule has 0 saturated carbocycles. The van der Waals surface area contributed by atoms with E-state index in [1.165, 1.54) is 4.88 Å². The Morgan fingerprint density at radius 3 is 3.09 bits per heavy atom. The van der Waals surface area contributed by atoms with Crippen LogP contribution < -0.4 is 5.32 Å². The molecule has 0 aromatic carbocycles. The van der Waals surface area contributed by atoms with Crippen molar-refractivity contribution in [2.45, 2.75) is 19.4 Å². The van der Waals surface area contributed by atoms with Gasteiger partial charge in [-0.2, -0.15) is 4.98 Å². The fraction of sp³-hybridized carbons (Fsp3) is 0.333. The number of nitrogens with zero attached hydrogens (tertiary/aromatic N) is 3. The average Bonchev–Trinajstić information content (AvgIpc) is 3.15. The Morgan fingerprint density at radius 1 is 1.48 bits per heavy atom. The molecule has 3 rings (SSSR count). The molecule has 0 aliphatic rings. The molecule has 0 unspecified atom stereocenters. The third kappa shape index (κ3) is 3.85. The molecular weight excluding hydrogens is 400 g/mol. The number of hydrogen-bond acceptors (Lipinski definition) is 5. The van der Waals surface area contributed by atoms with Crippen LogP contribution in [0.1, 0.15) is 16.9 Å². The zero-order valence-electron chi connectivity index (χ0n) is 12.6. The highest BCUT2D eigenvalue weighted by molar-refractivity contribution is 9.10. The number of anilines is 1. The van der Waals surface area contributed by atoms with Crippen LogP contribution in [0, 0.1) is 0 Å². The number of aromatic nitrogens is 3. The Labute approximate surface area is 151 Å². The Morgan fingerprint density at radius 2 is 2.35 bits per heavy atom. The Balaban J connectivity index is 1.89. The third-order valence-electron chi connectivity index (χ3n) is 3.42. The summed E-state index contributed by atoms with van der Waals surface area (Å²) in [7, 11) is 1.71. The minimum absolute atomic E-state index is 0.214. The second kappa shape index (κ2) is 7.61. The van der Waals surface area contributed by atoms with Gasteiger partial charge in [-0.15, -0.1) is 16.4 Å². The lowest BCUT2D eigenvalue weighted by Crippen LogP contribution is -2.05. The molecule has 0 atom stereocenters. The molecular formula is C15H16BrClN4OS. The van der Waals surface area contributed by atoms with Crippen molar-refractivity contribution in [2.24, 2.45) is 0 Å². The molecule has 1 N–H and O–H groups in total. The predicted octanol–water partition coefficient (Wildman–Crippen LogP) is 4.40. The number of fused-ring (bicyclic) bond motifs is 1. The van der Waals surface area contributed by atoms with Crippen molar-refractivity contribution in [1.82, 2.24) is 14.6 Å². The highest BCUT2D eigenvalue weighted by atomic mass is 79.9. The first-order valence-corrected chi connectivity index (χ1v) is 9.23. The molecule has 0 radical (unpaired) electrons. The Bertz CT molecular complexity index is 790. The van der Waals surface area contributed by atoms with Crippen molar-refractivity contribution >= 4 is 50.2 Å². The van der Waals surface area contributed by atoms with Gasteiger partial charge in [-0.3, -0.25) is 0 Å². The van der Waals surface area contributed by atoms with Crippen LogP contribution in [0.4, 0.5) is 5.82 Å². The third-order valence-corrected chi connectivity index (χ3v) is 5.31. The van der Waals surface area contributed by atoms with Crippen molar-refractivity contribution in [3.05, 3.63) is 43.9 Å². The van der Waals surface area contributed by atoms with E-state index in [2.05, 4.69) is 48.8 Å². The number of nitrogens with one attached hydrogen (secondary N) is 1. The van der Waals surface area contributed by atoms with E-state index in [1.807, 2.05) is 6.07 Å². The van der Waals surface area contributed by atoms with Crippen molar-refractivity contribution in [3.8, 4) is 0 Å². The van der Waals surface area contributed by atoms with Crippen molar-refractivity contribution < 1.29 is 4.74 Å². The summed E-state index contributed by atoms with van der Waals surface area (Å²) in [5.74, 6) is 0.733. The molecule has 3 heterocycles. The fourth-order valence-corrected chi connectivity index (χ4v) is 3.73. The van der Waals surface area contributed by atoms with Crippen LogP contribution in [0.3, 0.4) is 0 Å². The van der Waals surface area contributed by atoms with Gasteiger partial charge in [-0.25, -0.2) is 4.52 Å². The van der Waals surface area contributed by atoms with Gasteiger partial charge in [0.15, 0.2) is 5.82 Å². The van der Waals surface area contributed by atoms with E-state index < -0.39 is 0 Å². The summed E-state index contributed by atoms with van der Waals surface area (Å²) in [6.07, 6.45) is 1.85. The van der Waals surface area contributed by atoms with Gasteiger partial charge >= 0.3 is 0 Å². The zero-order valence-corrected chi connectivity index (χ0v) is 15.7. The number of halogens is 2. The topological polar surface area (TPSA) is 51.5 Å². The van der Waals surface area contributed by atoms with Gasteiger partial charge in [0.2, 0.25) is 5.28 Å². The largest absolute Gasteiger partial charge is 0.385 e. The van der Waals surface area contributed by atoms with E-state index in [4.69, 9.17) is 16.3 Å². The first-order valence-electron chi connectivity index (χ1n) is 7.18. The summed E-state index contributed by atoms with van der Waals surface area (Å²) in [5, 5.41) is 9.90. The average molecular weight is 416 g/mol. The second-order valence-electron chi connectivity index (χ2n) is 5.02. The van der Waals surface area contributed by atoms with Gasteiger partial charge in [0, 0.05) is 18.6 Å². The maximum atomic E-state index is 6.07. The van der Waals surface area contributed by atoms with Crippen LogP contribution in [0.15, 0.2) is 28.2 Å². The van der Waals surface area contributed by atoms with Crippen LogP contribution in [-0.4, -0.2) is 28.3 Å². The smallest absolute Gasteiger partial charge is 0.243 e. The van der Waals surface area contributed by atoms with Gasteiger partial charge in [0.25, 0.3) is 0 Å².